The van der Waals surface area contributed by atoms with Crippen molar-refractivity contribution in [1.82, 2.24) is 9.21 Å². The molecule has 2 aliphatic heterocycles. The maximum Gasteiger partial charge on any atom is 0.253 e. The van der Waals surface area contributed by atoms with Crippen LogP contribution < -0.4 is 5.32 Å². The summed E-state index contributed by atoms with van der Waals surface area (Å²) in [5.41, 5.74) is 3.85. The zero-order valence-corrected chi connectivity index (χ0v) is 21.7. The molecule has 0 radical (unpaired) electrons. The van der Waals surface area contributed by atoms with E-state index in [0.717, 1.165) is 36.8 Å². The Morgan fingerprint density at radius 2 is 1.57 bits per heavy atom. The van der Waals surface area contributed by atoms with Crippen molar-refractivity contribution in [3.63, 3.8) is 0 Å². The summed E-state index contributed by atoms with van der Waals surface area (Å²) in [7, 11) is -3.60. The Hall–Kier alpha value is -2.71. The minimum atomic E-state index is -3.60. The van der Waals surface area contributed by atoms with Crippen LogP contribution in [0, 0.1) is 26.7 Å². The predicted octanol–water partition coefficient (Wildman–Crippen LogP) is 4.28. The second kappa shape index (κ2) is 10.5. The average Bonchev–Trinajstić information content (AvgIpc) is 2.84. The summed E-state index contributed by atoms with van der Waals surface area (Å²) in [4.78, 5) is 28.2. The molecule has 0 aliphatic carbocycles. The predicted molar refractivity (Wildman–Crippen MR) is 137 cm³/mol. The number of hydrogen-bond donors (Lipinski definition) is 1. The van der Waals surface area contributed by atoms with Gasteiger partial charge in [-0.15, -0.1) is 0 Å². The Labute approximate surface area is 208 Å². The fourth-order valence-corrected chi connectivity index (χ4v) is 6.87. The number of aryl methyl sites for hydroxylation is 3. The minimum absolute atomic E-state index is 0.0560. The van der Waals surface area contributed by atoms with E-state index in [0.29, 0.717) is 49.4 Å². The summed E-state index contributed by atoms with van der Waals surface area (Å²) in [6, 6.07) is 10.8. The molecule has 188 valence electrons. The van der Waals surface area contributed by atoms with Crippen molar-refractivity contribution in [2.24, 2.45) is 5.92 Å². The zero-order valence-electron chi connectivity index (χ0n) is 20.8. The van der Waals surface area contributed by atoms with Gasteiger partial charge >= 0.3 is 0 Å². The molecule has 7 nitrogen and oxygen atoms in total. The highest BCUT2D eigenvalue weighted by atomic mass is 32.2. The summed E-state index contributed by atoms with van der Waals surface area (Å²) in [6.07, 6.45) is 4.22. The highest BCUT2D eigenvalue weighted by molar-refractivity contribution is 7.89. The number of amides is 2. The van der Waals surface area contributed by atoms with Crippen LogP contribution in [0.15, 0.2) is 41.3 Å². The lowest BCUT2D eigenvalue weighted by Crippen LogP contribution is -2.43. The third-order valence-electron chi connectivity index (χ3n) is 6.94. The average molecular weight is 498 g/mol. The van der Waals surface area contributed by atoms with E-state index >= 15 is 0 Å². The van der Waals surface area contributed by atoms with Crippen molar-refractivity contribution < 1.29 is 18.0 Å². The Balaban J connectivity index is 1.46. The molecule has 0 saturated carbocycles. The Bertz CT molecular complexity index is 1200. The molecule has 0 bridgehead atoms. The Morgan fingerprint density at radius 1 is 0.886 bits per heavy atom. The quantitative estimate of drug-likeness (QED) is 0.668. The number of rotatable bonds is 5. The van der Waals surface area contributed by atoms with Crippen LogP contribution in [0.4, 0.5) is 5.69 Å². The van der Waals surface area contributed by atoms with Crippen molar-refractivity contribution in [2.75, 3.05) is 31.5 Å². The number of sulfonamides is 1. The van der Waals surface area contributed by atoms with Gasteiger partial charge in [0.25, 0.3) is 5.91 Å². The number of carbonyl (C=O) groups excluding carboxylic acids is 2. The maximum absolute atomic E-state index is 13.2. The van der Waals surface area contributed by atoms with E-state index in [4.69, 9.17) is 0 Å². The highest BCUT2D eigenvalue weighted by Gasteiger charge is 2.30. The van der Waals surface area contributed by atoms with Gasteiger partial charge in [0.15, 0.2) is 0 Å². The van der Waals surface area contributed by atoms with Crippen LogP contribution in [0.1, 0.15) is 59.2 Å². The first-order chi connectivity index (χ1) is 16.6. The largest absolute Gasteiger partial charge is 0.338 e. The van der Waals surface area contributed by atoms with E-state index in [2.05, 4.69) is 5.32 Å². The van der Waals surface area contributed by atoms with Crippen LogP contribution in [0.25, 0.3) is 0 Å². The van der Waals surface area contributed by atoms with Gasteiger partial charge in [-0.2, -0.15) is 4.31 Å². The lowest BCUT2D eigenvalue weighted by molar-refractivity contribution is -0.121. The zero-order chi connectivity index (χ0) is 25.2. The fourth-order valence-electron chi connectivity index (χ4n) is 5.10. The third-order valence-corrected chi connectivity index (χ3v) is 8.98. The number of hydrogen-bond acceptors (Lipinski definition) is 4. The number of anilines is 1. The molecule has 4 rings (SSSR count). The van der Waals surface area contributed by atoms with E-state index < -0.39 is 10.0 Å². The number of likely N-dealkylation sites (tertiary alicyclic amines) is 1. The molecule has 2 aromatic carbocycles. The second-order valence-corrected chi connectivity index (χ2v) is 11.8. The van der Waals surface area contributed by atoms with Crippen molar-refractivity contribution in [3.8, 4) is 0 Å². The van der Waals surface area contributed by atoms with E-state index in [9.17, 15) is 18.0 Å². The van der Waals surface area contributed by atoms with Gasteiger partial charge in [0, 0.05) is 37.4 Å². The molecule has 0 spiro atoms. The molecule has 2 fully saturated rings. The van der Waals surface area contributed by atoms with Crippen LogP contribution in [-0.2, 0) is 14.8 Å². The molecule has 0 aromatic heterocycles. The van der Waals surface area contributed by atoms with Gasteiger partial charge in [0.2, 0.25) is 15.9 Å². The lowest BCUT2D eigenvalue weighted by atomic mass is 9.96. The first kappa shape index (κ1) is 25.4. The van der Waals surface area contributed by atoms with Gasteiger partial charge in [-0.1, -0.05) is 29.7 Å². The third kappa shape index (κ3) is 5.76. The summed E-state index contributed by atoms with van der Waals surface area (Å²) < 4.78 is 28.0. The van der Waals surface area contributed by atoms with Gasteiger partial charge < -0.3 is 10.2 Å². The van der Waals surface area contributed by atoms with E-state index in [-0.39, 0.29) is 22.6 Å². The number of nitrogens with zero attached hydrogens (tertiary/aromatic N) is 2. The standard InChI is InChI=1S/C27H35N3O4S/c1-19-14-20(2)16-23(15-19)27(32)29-11-7-8-22(18-29)26(31)28-24-10-9-21(3)25(17-24)35(33,34)30-12-5-4-6-13-30/h9-10,14-17,22H,4-8,11-13,18H2,1-3H3,(H,28,31). The van der Waals surface area contributed by atoms with Gasteiger partial charge in [-0.3, -0.25) is 9.59 Å². The molecule has 1 unspecified atom stereocenters. The van der Waals surface area contributed by atoms with Gasteiger partial charge in [0.1, 0.15) is 0 Å². The van der Waals surface area contributed by atoms with Crippen LogP contribution in [0.3, 0.4) is 0 Å². The topological polar surface area (TPSA) is 86.8 Å². The molecule has 2 heterocycles. The molecular weight excluding hydrogens is 462 g/mol. The van der Waals surface area contributed by atoms with Gasteiger partial charge in [-0.25, -0.2) is 8.42 Å². The van der Waals surface area contributed by atoms with Crippen molar-refractivity contribution in [3.05, 3.63) is 58.7 Å². The molecule has 2 saturated heterocycles. The van der Waals surface area contributed by atoms with E-state index in [1.165, 1.54) is 0 Å². The van der Waals surface area contributed by atoms with Crippen LogP contribution in [0.5, 0.6) is 0 Å². The number of benzene rings is 2. The smallest absolute Gasteiger partial charge is 0.253 e. The Kier molecular flexibility index (Phi) is 7.62. The molecule has 2 aliphatic rings. The number of piperidine rings is 2. The summed E-state index contributed by atoms with van der Waals surface area (Å²) >= 11 is 0. The van der Waals surface area contributed by atoms with E-state index in [1.54, 1.807) is 34.3 Å². The monoisotopic (exact) mass is 497 g/mol. The van der Waals surface area contributed by atoms with Crippen molar-refractivity contribution in [1.29, 1.82) is 0 Å². The molecule has 2 amide bonds. The van der Waals surface area contributed by atoms with Gasteiger partial charge in [0.05, 0.1) is 10.8 Å². The number of carbonyl (C=O) groups is 2. The van der Waals surface area contributed by atoms with E-state index in [1.807, 2.05) is 32.0 Å². The second-order valence-electron chi connectivity index (χ2n) is 9.90. The summed E-state index contributed by atoms with van der Waals surface area (Å²) in [6.45, 7) is 7.76. The highest BCUT2D eigenvalue weighted by Crippen LogP contribution is 2.27. The van der Waals surface area contributed by atoms with Crippen LogP contribution in [-0.4, -0.2) is 55.6 Å². The Morgan fingerprint density at radius 3 is 2.26 bits per heavy atom. The summed E-state index contributed by atoms with van der Waals surface area (Å²) in [5.74, 6) is -0.588. The molecule has 1 N–H and O–H groups in total. The molecule has 1 atom stereocenters. The van der Waals surface area contributed by atoms with Crippen molar-refractivity contribution >= 4 is 27.5 Å². The summed E-state index contributed by atoms with van der Waals surface area (Å²) in [5, 5.41) is 2.91. The maximum atomic E-state index is 13.2. The first-order valence-electron chi connectivity index (χ1n) is 12.4. The van der Waals surface area contributed by atoms with Gasteiger partial charge in [-0.05, 0) is 76.3 Å². The first-order valence-corrected chi connectivity index (χ1v) is 13.9. The molecule has 8 heteroatoms. The number of nitrogens with one attached hydrogen (secondary N) is 1. The lowest BCUT2D eigenvalue weighted by Gasteiger charge is -2.32. The van der Waals surface area contributed by atoms with Crippen LogP contribution >= 0.6 is 0 Å². The molecule has 2 aromatic rings. The van der Waals surface area contributed by atoms with Crippen molar-refractivity contribution in [2.45, 2.75) is 57.8 Å². The normalized spacial score (nSPS) is 19.4. The SMILES string of the molecule is Cc1cc(C)cc(C(=O)N2CCCC(C(=O)Nc3ccc(C)c(S(=O)(=O)N4CCCCC4)c3)C2)c1. The van der Waals surface area contributed by atoms with Crippen LogP contribution in [0.2, 0.25) is 0 Å². The molecule has 35 heavy (non-hydrogen) atoms. The molecular formula is C27H35N3O4S. The fraction of sp³-hybridized carbons (Fsp3) is 0.481. The minimum Gasteiger partial charge on any atom is -0.338 e.